The van der Waals surface area contributed by atoms with Gasteiger partial charge in [-0.05, 0) is 42.5 Å². The van der Waals surface area contributed by atoms with Crippen molar-refractivity contribution in [1.82, 2.24) is 19.8 Å². The Bertz CT molecular complexity index is 1070. The molecule has 0 amide bonds. The predicted molar refractivity (Wildman–Crippen MR) is 98.0 cm³/mol. The zero-order chi connectivity index (χ0) is 17.9. The number of aromatic hydroxyl groups is 1. The molecular formula is C18H14ClN5O2. The Balaban J connectivity index is 1.56. The van der Waals surface area contributed by atoms with Crippen molar-refractivity contribution < 1.29 is 9.84 Å². The van der Waals surface area contributed by atoms with Crippen LogP contribution in [0.2, 0.25) is 5.02 Å². The average molecular weight is 368 g/mol. The average Bonchev–Trinajstić information content (AvgIpc) is 3.02. The molecule has 7 nitrogen and oxygen atoms in total. The second-order valence-electron chi connectivity index (χ2n) is 5.53. The SMILES string of the molecule is Oc1cccc(OCc2nnc3ccc(Nc4cccc(Cl)c4)nn23)c1. The Hall–Kier alpha value is -3.32. The highest BCUT2D eigenvalue weighted by molar-refractivity contribution is 6.30. The van der Waals surface area contributed by atoms with Crippen molar-refractivity contribution in [1.29, 1.82) is 0 Å². The molecule has 0 fully saturated rings. The van der Waals surface area contributed by atoms with Gasteiger partial charge < -0.3 is 15.2 Å². The van der Waals surface area contributed by atoms with E-state index in [1.807, 2.05) is 30.3 Å². The third-order valence-electron chi connectivity index (χ3n) is 3.61. The van der Waals surface area contributed by atoms with Crippen LogP contribution in [0.4, 0.5) is 11.5 Å². The minimum Gasteiger partial charge on any atom is -0.508 e. The lowest BCUT2D eigenvalue weighted by Crippen LogP contribution is -2.05. The van der Waals surface area contributed by atoms with E-state index in [9.17, 15) is 5.11 Å². The summed E-state index contributed by atoms with van der Waals surface area (Å²) in [7, 11) is 0. The molecule has 0 aliphatic rings. The Morgan fingerprint density at radius 2 is 1.92 bits per heavy atom. The molecule has 4 rings (SSSR count). The standard InChI is InChI=1S/C18H14ClN5O2/c19-12-3-1-4-13(9-12)20-16-7-8-17-21-22-18(24(17)23-16)11-26-15-6-2-5-14(25)10-15/h1-10,25H,11H2,(H,20,23). The summed E-state index contributed by atoms with van der Waals surface area (Å²) >= 11 is 6.00. The zero-order valence-electron chi connectivity index (χ0n) is 13.5. The molecule has 0 aliphatic carbocycles. The van der Waals surface area contributed by atoms with E-state index in [0.29, 0.717) is 28.1 Å². The third-order valence-corrected chi connectivity index (χ3v) is 3.85. The number of halogens is 1. The van der Waals surface area contributed by atoms with E-state index in [-0.39, 0.29) is 12.4 Å². The summed E-state index contributed by atoms with van der Waals surface area (Å²) in [5, 5.41) is 26.0. The van der Waals surface area contributed by atoms with Gasteiger partial charge in [-0.2, -0.15) is 4.52 Å². The van der Waals surface area contributed by atoms with Crippen LogP contribution in [0.5, 0.6) is 11.5 Å². The van der Waals surface area contributed by atoms with Crippen LogP contribution in [-0.2, 0) is 6.61 Å². The highest BCUT2D eigenvalue weighted by Gasteiger charge is 2.09. The molecule has 0 radical (unpaired) electrons. The minimum atomic E-state index is 0.139. The molecule has 0 saturated carbocycles. The molecule has 2 aromatic heterocycles. The van der Waals surface area contributed by atoms with Crippen molar-refractivity contribution in [2.75, 3.05) is 5.32 Å². The van der Waals surface area contributed by atoms with Crippen LogP contribution >= 0.6 is 11.6 Å². The molecule has 2 heterocycles. The number of rotatable bonds is 5. The second-order valence-corrected chi connectivity index (χ2v) is 5.96. The Morgan fingerprint density at radius 1 is 1.04 bits per heavy atom. The van der Waals surface area contributed by atoms with Gasteiger partial charge in [0.15, 0.2) is 17.3 Å². The monoisotopic (exact) mass is 367 g/mol. The van der Waals surface area contributed by atoms with Gasteiger partial charge in [0.05, 0.1) is 0 Å². The van der Waals surface area contributed by atoms with E-state index in [0.717, 1.165) is 5.69 Å². The predicted octanol–water partition coefficient (Wildman–Crippen LogP) is 3.81. The molecule has 130 valence electrons. The first-order valence-electron chi connectivity index (χ1n) is 7.83. The maximum atomic E-state index is 9.49. The van der Waals surface area contributed by atoms with Crippen molar-refractivity contribution >= 4 is 28.8 Å². The summed E-state index contributed by atoms with van der Waals surface area (Å²) in [5.74, 6) is 1.84. The van der Waals surface area contributed by atoms with Crippen LogP contribution in [0.15, 0.2) is 60.7 Å². The number of nitrogens with zero attached hydrogens (tertiary/aromatic N) is 4. The molecule has 0 bridgehead atoms. The molecule has 8 heteroatoms. The van der Waals surface area contributed by atoms with Crippen molar-refractivity contribution in [3.63, 3.8) is 0 Å². The molecular weight excluding hydrogens is 354 g/mol. The number of phenolic OH excluding ortho intramolecular Hbond substituents is 1. The third kappa shape index (κ3) is 3.52. The van der Waals surface area contributed by atoms with Gasteiger partial charge in [-0.15, -0.1) is 15.3 Å². The molecule has 0 spiro atoms. The topological polar surface area (TPSA) is 84.6 Å². The van der Waals surface area contributed by atoms with Crippen LogP contribution < -0.4 is 10.1 Å². The van der Waals surface area contributed by atoms with Crippen LogP contribution in [0, 0.1) is 0 Å². The number of anilines is 2. The largest absolute Gasteiger partial charge is 0.508 e. The first-order chi connectivity index (χ1) is 12.7. The number of fused-ring (bicyclic) bond motifs is 1. The number of nitrogens with one attached hydrogen (secondary N) is 1. The van der Waals surface area contributed by atoms with Gasteiger partial charge in [0, 0.05) is 16.8 Å². The fraction of sp³-hybridized carbons (Fsp3) is 0.0556. The number of hydrogen-bond donors (Lipinski definition) is 2. The number of hydrogen-bond acceptors (Lipinski definition) is 6. The fourth-order valence-electron chi connectivity index (χ4n) is 2.43. The Kier molecular flexibility index (Phi) is 4.28. The first kappa shape index (κ1) is 16.2. The quantitative estimate of drug-likeness (QED) is 0.558. The van der Waals surface area contributed by atoms with Crippen molar-refractivity contribution in [3.05, 3.63) is 71.5 Å². The van der Waals surface area contributed by atoms with E-state index >= 15 is 0 Å². The Labute approximate surface area is 153 Å². The maximum absolute atomic E-state index is 9.49. The van der Waals surface area contributed by atoms with Crippen LogP contribution in [0.3, 0.4) is 0 Å². The molecule has 0 saturated heterocycles. The summed E-state index contributed by atoms with van der Waals surface area (Å²) < 4.78 is 7.26. The summed E-state index contributed by atoms with van der Waals surface area (Å²) in [6.07, 6.45) is 0. The molecule has 0 atom stereocenters. The van der Waals surface area contributed by atoms with Gasteiger partial charge >= 0.3 is 0 Å². The van der Waals surface area contributed by atoms with E-state index in [2.05, 4.69) is 20.6 Å². The van der Waals surface area contributed by atoms with Crippen molar-refractivity contribution in [2.45, 2.75) is 6.61 Å². The first-order valence-corrected chi connectivity index (χ1v) is 8.21. The summed E-state index contributed by atoms with van der Waals surface area (Å²) in [5.41, 5.74) is 1.44. The molecule has 4 aromatic rings. The lowest BCUT2D eigenvalue weighted by Gasteiger charge is -2.07. The summed E-state index contributed by atoms with van der Waals surface area (Å²) in [4.78, 5) is 0. The Morgan fingerprint density at radius 3 is 2.77 bits per heavy atom. The number of ether oxygens (including phenoxy) is 1. The van der Waals surface area contributed by atoms with Gasteiger partial charge in [-0.25, -0.2) is 0 Å². The highest BCUT2D eigenvalue weighted by atomic mass is 35.5. The van der Waals surface area contributed by atoms with Gasteiger partial charge in [0.1, 0.15) is 18.1 Å². The lowest BCUT2D eigenvalue weighted by molar-refractivity contribution is 0.291. The highest BCUT2D eigenvalue weighted by Crippen LogP contribution is 2.20. The van der Waals surface area contributed by atoms with Gasteiger partial charge in [0.25, 0.3) is 0 Å². The molecule has 2 N–H and O–H groups in total. The van der Waals surface area contributed by atoms with Crippen molar-refractivity contribution in [3.8, 4) is 11.5 Å². The van der Waals surface area contributed by atoms with E-state index in [1.54, 1.807) is 28.8 Å². The minimum absolute atomic E-state index is 0.139. The molecule has 0 aliphatic heterocycles. The molecule has 26 heavy (non-hydrogen) atoms. The number of phenols is 1. The second kappa shape index (κ2) is 6.89. The number of benzene rings is 2. The normalized spacial score (nSPS) is 10.8. The van der Waals surface area contributed by atoms with E-state index in [1.165, 1.54) is 6.07 Å². The molecule has 0 unspecified atom stereocenters. The van der Waals surface area contributed by atoms with Crippen molar-refractivity contribution in [2.24, 2.45) is 0 Å². The summed E-state index contributed by atoms with van der Waals surface area (Å²) in [6, 6.07) is 17.6. The fourth-order valence-corrected chi connectivity index (χ4v) is 2.62. The van der Waals surface area contributed by atoms with E-state index < -0.39 is 0 Å². The van der Waals surface area contributed by atoms with Gasteiger partial charge in [-0.1, -0.05) is 23.7 Å². The zero-order valence-corrected chi connectivity index (χ0v) is 14.3. The van der Waals surface area contributed by atoms with Crippen LogP contribution in [-0.4, -0.2) is 24.9 Å². The number of aromatic nitrogens is 4. The van der Waals surface area contributed by atoms with Crippen LogP contribution in [0.25, 0.3) is 5.65 Å². The lowest BCUT2D eigenvalue weighted by atomic mass is 10.3. The van der Waals surface area contributed by atoms with Gasteiger partial charge in [-0.3, -0.25) is 0 Å². The maximum Gasteiger partial charge on any atom is 0.192 e. The molecule has 2 aromatic carbocycles. The van der Waals surface area contributed by atoms with Gasteiger partial charge in [0.2, 0.25) is 0 Å². The summed E-state index contributed by atoms with van der Waals surface area (Å²) in [6.45, 7) is 0.165. The smallest absolute Gasteiger partial charge is 0.192 e. The van der Waals surface area contributed by atoms with Crippen LogP contribution in [0.1, 0.15) is 5.82 Å². The van der Waals surface area contributed by atoms with E-state index in [4.69, 9.17) is 16.3 Å².